The van der Waals surface area contributed by atoms with Crippen LogP contribution in [0.15, 0.2) is 63.8 Å². The van der Waals surface area contributed by atoms with Gasteiger partial charge in [-0.2, -0.15) is 0 Å². The number of nitrogens with one attached hydrogen (secondary N) is 1. The maximum atomic E-state index is 13.4. The average Bonchev–Trinajstić information content (AvgIpc) is 2.76. The maximum Gasteiger partial charge on any atom is 0.262 e. The Labute approximate surface area is 200 Å². The number of anilines is 1. The quantitative estimate of drug-likeness (QED) is 0.343. The zero-order valence-corrected chi connectivity index (χ0v) is 19.8. The van der Waals surface area contributed by atoms with Crippen LogP contribution in [-0.4, -0.2) is 12.5 Å². The number of hydrogen-bond acceptors (Lipinski definition) is 4. The molecule has 0 fully saturated rings. The van der Waals surface area contributed by atoms with E-state index >= 15 is 0 Å². The number of carbonyl (C=O) groups is 1. The lowest BCUT2D eigenvalue weighted by atomic mass is 10.1. The fourth-order valence-corrected chi connectivity index (χ4v) is 3.99. The van der Waals surface area contributed by atoms with Gasteiger partial charge in [-0.3, -0.25) is 9.59 Å². The fourth-order valence-electron chi connectivity index (χ4n) is 3.59. The molecule has 4 rings (SSSR count). The van der Waals surface area contributed by atoms with Crippen molar-refractivity contribution in [2.75, 3.05) is 11.9 Å². The molecule has 1 N–H and O–H groups in total. The molecular weight excluding hydrogens is 461 g/mol. The molecule has 0 aliphatic rings. The average molecular weight is 482 g/mol. The van der Waals surface area contributed by atoms with Gasteiger partial charge in [-0.25, -0.2) is 0 Å². The zero-order chi connectivity index (χ0) is 23.7. The number of aryl methyl sites for hydroxylation is 3. The van der Waals surface area contributed by atoms with Crippen LogP contribution in [0, 0.1) is 20.8 Å². The van der Waals surface area contributed by atoms with Gasteiger partial charge in [0.15, 0.2) is 12.4 Å². The SMILES string of the molecule is Cc1cc(C)c2oc(-c3ccccc3Cl)c(OCC(=O)Nc3ccc(C)c(Cl)c3)c(=O)c2c1. The van der Waals surface area contributed by atoms with Crippen LogP contribution in [0.4, 0.5) is 5.69 Å². The van der Waals surface area contributed by atoms with Crippen LogP contribution < -0.4 is 15.5 Å². The van der Waals surface area contributed by atoms with E-state index in [9.17, 15) is 9.59 Å². The molecule has 7 heteroatoms. The normalized spacial score (nSPS) is 10.9. The smallest absolute Gasteiger partial charge is 0.262 e. The van der Waals surface area contributed by atoms with Gasteiger partial charge in [0, 0.05) is 16.3 Å². The number of halogens is 2. The van der Waals surface area contributed by atoms with Crippen LogP contribution in [0.3, 0.4) is 0 Å². The summed E-state index contributed by atoms with van der Waals surface area (Å²) in [5, 5.41) is 4.03. The second kappa shape index (κ2) is 9.30. The molecule has 0 radical (unpaired) electrons. The minimum absolute atomic E-state index is 0.0716. The first-order valence-corrected chi connectivity index (χ1v) is 11.0. The molecule has 1 aromatic heterocycles. The molecule has 4 aromatic rings. The van der Waals surface area contributed by atoms with Crippen molar-refractivity contribution in [1.29, 1.82) is 0 Å². The van der Waals surface area contributed by atoms with Gasteiger partial charge >= 0.3 is 0 Å². The van der Waals surface area contributed by atoms with Crippen LogP contribution in [0.5, 0.6) is 5.75 Å². The Hall–Kier alpha value is -3.28. The molecule has 0 atom stereocenters. The Bertz CT molecular complexity index is 1440. The van der Waals surface area contributed by atoms with Crippen molar-refractivity contribution in [1.82, 2.24) is 0 Å². The first-order valence-electron chi connectivity index (χ1n) is 10.3. The highest BCUT2D eigenvalue weighted by Crippen LogP contribution is 2.36. The number of amides is 1. The number of carbonyl (C=O) groups excluding carboxylic acids is 1. The predicted molar refractivity (Wildman–Crippen MR) is 133 cm³/mol. The minimum atomic E-state index is -0.444. The highest BCUT2D eigenvalue weighted by Gasteiger charge is 2.21. The molecule has 168 valence electrons. The summed E-state index contributed by atoms with van der Waals surface area (Å²) in [6.45, 7) is 5.24. The van der Waals surface area contributed by atoms with E-state index in [0.717, 1.165) is 16.7 Å². The van der Waals surface area contributed by atoms with Crippen molar-refractivity contribution in [3.8, 4) is 17.1 Å². The molecule has 0 aliphatic carbocycles. The van der Waals surface area contributed by atoms with E-state index in [1.807, 2.05) is 26.8 Å². The molecule has 0 saturated carbocycles. The number of ether oxygens (including phenoxy) is 1. The Morgan fingerprint density at radius 1 is 0.970 bits per heavy atom. The number of hydrogen-bond donors (Lipinski definition) is 1. The molecule has 0 unspecified atom stereocenters. The lowest BCUT2D eigenvalue weighted by Crippen LogP contribution is -2.22. The highest BCUT2D eigenvalue weighted by atomic mass is 35.5. The fraction of sp³-hybridized carbons (Fsp3) is 0.154. The zero-order valence-electron chi connectivity index (χ0n) is 18.3. The molecule has 0 bridgehead atoms. The Balaban J connectivity index is 1.73. The van der Waals surface area contributed by atoms with E-state index < -0.39 is 12.5 Å². The molecule has 33 heavy (non-hydrogen) atoms. The summed E-state index contributed by atoms with van der Waals surface area (Å²) in [6.07, 6.45) is 0. The molecular formula is C26H21Cl2NO4. The van der Waals surface area contributed by atoms with Crippen LogP contribution in [0.1, 0.15) is 16.7 Å². The van der Waals surface area contributed by atoms with E-state index in [4.69, 9.17) is 32.4 Å². The van der Waals surface area contributed by atoms with Crippen LogP contribution >= 0.6 is 23.2 Å². The van der Waals surface area contributed by atoms with Gasteiger partial charge in [0.25, 0.3) is 5.91 Å². The Kier molecular flexibility index (Phi) is 6.45. The van der Waals surface area contributed by atoms with Crippen LogP contribution in [0.25, 0.3) is 22.3 Å². The number of rotatable bonds is 5. The van der Waals surface area contributed by atoms with E-state index in [1.54, 1.807) is 48.5 Å². The first-order chi connectivity index (χ1) is 15.7. The van der Waals surface area contributed by atoms with E-state index in [0.29, 0.717) is 32.3 Å². The lowest BCUT2D eigenvalue weighted by molar-refractivity contribution is -0.118. The van der Waals surface area contributed by atoms with Crippen molar-refractivity contribution in [2.45, 2.75) is 20.8 Å². The monoisotopic (exact) mass is 481 g/mol. The predicted octanol–water partition coefficient (Wildman–Crippen LogP) is 6.71. The largest absolute Gasteiger partial charge is 0.476 e. The van der Waals surface area contributed by atoms with Crippen LogP contribution in [0.2, 0.25) is 10.0 Å². The van der Waals surface area contributed by atoms with Crippen molar-refractivity contribution in [2.24, 2.45) is 0 Å². The minimum Gasteiger partial charge on any atom is -0.476 e. The van der Waals surface area contributed by atoms with Crippen molar-refractivity contribution < 1.29 is 13.9 Å². The third kappa shape index (κ3) is 4.75. The summed E-state index contributed by atoms with van der Waals surface area (Å²) < 4.78 is 11.9. The Morgan fingerprint density at radius 2 is 1.73 bits per heavy atom. The lowest BCUT2D eigenvalue weighted by Gasteiger charge is -2.14. The van der Waals surface area contributed by atoms with E-state index in [2.05, 4.69) is 5.32 Å². The third-order valence-corrected chi connectivity index (χ3v) is 5.94. The number of benzene rings is 3. The van der Waals surface area contributed by atoms with Crippen molar-refractivity contribution in [3.63, 3.8) is 0 Å². The summed E-state index contributed by atoms with van der Waals surface area (Å²) in [5.41, 5.74) is 3.74. The maximum absolute atomic E-state index is 13.4. The van der Waals surface area contributed by atoms with E-state index in [1.165, 1.54) is 0 Å². The molecule has 1 amide bonds. The first kappa shape index (κ1) is 22.9. The Morgan fingerprint density at radius 3 is 2.45 bits per heavy atom. The van der Waals surface area contributed by atoms with Crippen LogP contribution in [-0.2, 0) is 4.79 Å². The third-order valence-electron chi connectivity index (χ3n) is 5.20. The van der Waals surface area contributed by atoms with Gasteiger partial charge in [0.1, 0.15) is 5.58 Å². The van der Waals surface area contributed by atoms with Gasteiger partial charge in [0.05, 0.1) is 10.4 Å². The highest BCUT2D eigenvalue weighted by molar-refractivity contribution is 6.33. The second-order valence-corrected chi connectivity index (χ2v) is 8.64. The standard InChI is InChI=1S/C26H21Cl2NO4/c1-14-10-16(3)24-19(11-14)23(31)26(25(33-24)18-6-4-5-7-20(18)27)32-13-22(30)29-17-9-8-15(2)21(28)12-17/h4-12H,13H2,1-3H3,(H,29,30). The van der Waals surface area contributed by atoms with Gasteiger partial charge in [-0.15, -0.1) is 0 Å². The van der Waals surface area contributed by atoms with E-state index in [-0.39, 0.29) is 16.9 Å². The summed E-state index contributed by atoms with van der Waals surface area (Å²) >= 11 is 12.5. The van der Waals surface area contributed by atoms with Crippen molar-refractivity contribution >= 4 is 45.8 Å². The topological polar surface area (TPSA) is 68.5 Å². The van der Waals surface area contributed by atoms with Gasteiger partial charge in [-0.1, -0.05) is 47.5 Å². The molecule has 0 saturated heterocycles. The summed E-state index contributed by atoms with van der Waals surface area (Å²) in [5.74, 6) is -0.339. The molecule has 0 aliphatic heterocycles. The van der Waals surface area contributed by atoms with Gasteiger partial charge in [0.2, 0.25) is 11.2 Å². The summed E-state index contributed by atoms with van der Waals surface area (Å²) in [6, 6.07) is 15.9. The molecule has 3 aromatic carbocycles. The second-order valence-electron chi connectivity index (χ2n) is 7.83. The molecule has 0 spiro atoms. The summed E-state index contributed by atoms with van der Waals surface area (Å²) in [7, 11) is 0. The van der Waals surface area contributed by atoms with Gasteiger partial charge < -0.3 is 14.5 Å². The molecule has 1 heterocycles. The molecule has 5 nitrogen and oxygen atoms in total. The van der Waals surface area contributed by atoms with Gasteiger partial charge in [-0.05, 0) is 67.8 Å². The van der Waals surface area contributed by atoms with Crippen molar-refractivity contribution in [3.05, 3.63) is 91.6 Å². The number of fused-ring (bicyclic) bond motifs is 1. The summed E-state index contributed by atoms with van der Waals surface area (Å²) in [4.78, 5) is 26.0.